The largest absolute Gasteiger partial charge is 0.394 e. The van der Waals surface area contributed by atoms with Crippen LogP contribution in [0.3, 0.4) is 0 Å². The van der Waals surface area contributed by atoms with Gasteiger partial charge in [-0.15, -0.1) is 0 Å². The first-order valence-electron chi connectivity index (χ1n) is 10.6. The van der Waals surface area contributed by atoms with Gasteiger partial charge in [0, 0.05) is 0 Å². The van der Waals surface area contributed by atoms with Gasteiger partial charge in [0.1, 0.15) is 73.2 Å². The third kappa shape index (κ3) is 5.37. The Bertz CT molecular complexity index is 635. The topological polar surface area (TPSA) is 269 Å². The summed E-state index contributed by atoms with van der Waals surface area (Å²) < 4.78 is 26.4. The van der Waals surface area contributed by atoms with Gasteiger partial charge < -0.3 is 79.9 Å². The summed E-state index contributed by atoms with van der Waals surface area (Å²) >= 11 is 0. The summed E-state index contributed by atoms with van der Waals surface area (Å²) in [5.74, 6) is 0. The van der Waals surface area contributed by atoms with Crippen molar-refractivity contribution in [1.29, 1.82) is 0 Å². The van der Waals surface area contributed by atoms with E-state index >= 15 is 0 Å². The normalized spacial score (nSPS) is 52.5. The number of hydrogen-bond acceptors (Lipinski definition) is 16. The minimum absolute atomic E-state index is 0.741. The Balaban J connectivity index is 1.72. The first kappa shape index (κ1) is 27.9. The molecule has 3 heterocycles. The van der Waals surface area contributed by atoms with Crippen LogP contribution >= 0.6 is 0 Å². The highest BCUT2D eigenvalue weighted by Crippen LogP contribution is 2.32. The van der Waals surface area contributed by atoms with Crippen molar-refractivity contribution >= 4 is 0 Å². The van der Waals surface area contributed by atoms with Crippen LogP contribution in [-0.4, -0.2) is 168 Å². The van der Waals surface area contributed by atoms with Gasteiger partial charge in [0.15, 0.2) is 18.9 Å². The fourth-order valence-corrected chi connectivity index (χ4v) is 4.06. The van der Waals surface area contributed by atoms with Crippen molar-refractivity contribution in [2.75, 3.05) is 19.8 Å². The molecule has 0 aromatic rings. The molecule has 0 aliphatic carbocycles. The number of aliphatic hydroxyl groups is 11. The van der Waals surface area contributed by atoms with Gasteiger partial charge in [0.05, 0.1) is 19.8 Å². The summed E-state index contributed by atoms with van der Waals surface area (Å²) in [6, 6.07) is 0. The number of aliphatic hydroxyl groups excluding tert-OH is 11. The summed E-state index contributed by atoms with van der Waals surface area (Å²) in [5, 5.41) is 109. The van der Waals surface area contributed by atoms with E-state index in [9.17, 15) is 56.2 Å². The predicted molar refractivity (Wildman–Crippen MR) is 101 cm³/mol. The molecule has 0 aromatic heterocycles. The lowest BCUT2D eigenvalue weighted by atomic mass is 9.96. The maximum atomic E-state index is 10.6. The van der Waals surface area contributed by atoms with Crippen molar-refractivity contribution in [3.8, 4) is 0 Å². The zero-order chi connectivity index (χ0) is 25.3. The third-order valence-corrected chi connectivity index (χ3v) is 6.09. The van der Waals surface area contributed by atoms with E-state index in [0.717, 1.165) is 0 Å². The molecule has 3 saturated heterocycles. The van der Waals surface area contributed by atoms with Crippen LogP contribution in [0.1, 0.15) is 0 Å². The fourth-order valence-electron chi connectivity index (χ4n) is 4.06. The Hall–Kier alpha value is -0.640. The standard InChI is InChI=1S/C18H32O16/c19-1-4-7(22)8(23)12(27)17(31-4)34-15-6(3-21)32-18(13(28)10(15)25)33-14-5(2-20)30-16(29)11(26)9(14)24/h4-29H,1-3H2/t4-,5-,6-,7+,8-,9-,10-,11+,12-,13+,14+,15+,16-,17-,18+/m0/s1. The molecule has 0 spiro atoms. The average Bonchev–Trinajstić information content (AvgIpc) is 2.83. The lowest BCUT2D eigenvalue weighted by molar-refractivity contribution is -0.377. The molecule has 34 heavy (non-hydrogen) atoms. The molecule has 0 aromatic carbocycles. The van der Waals surface area contributed by atoms with E-state index in [2.05, 4.69) is 0 Å². The molecule has 200 valence electrons. The molecule has 0 amide bonds. The van der Waals surface area contributed by atoms with E-state index in [1.165, 1.54) is 0 Å². The minimum atomic E-state index is -1.91. The Morgan fingerprint density at radius 1 is 0.441 bits per heavy atom. The molecule has 0 bridgehead atoms. The number of ether oxygens (including phenoxy) is 5. The Morgan fingerprint density at radius 3 is 1.35 bits per heavy atom. The highest BCUT2D eigenvalue weighted by atomic mass is 16.8. The van der Waals surface area contributed by atoms with E-state index in [-0.39, 0.29) is 0 Å². The van der Waals surface area contributed by atoms with Crippen molar-refractivity contribution < 1.29 is 79.9 Å². The van der Waals surface area contributed by atoms with Gasteiger partial charge in [-0.1, -0.05) is 0 Å². The van der Waals surface area contributed by atoms with Crippen LogP contribution in [-0.2, 0) is 23.7 Å². The van der Waals surface area contributed by atoms with Gasteiger partial charge in [0.25, 0.3) is 0 Å². The molecule has 0 saturated carbocycles. The lowest BCUT2D eigenvalue weighted by Crippen LogP contribution is -2.66. The van der Waals surface area contributed by atoms with Crippen LogP contribution in [0.15, 0.2) is 0 Å². The second kappa shape index (κ2) is 11.6. The number of hydrogen-bond donors (Lipinski definition) is 11. The minimum Gasteiger partial charge on any atom is -0.394 e. The molecule has 16 nitrogen and oxygen atoms in total. The molecule has 3 aliphatic rings. The van der Waals surface area contributed by atoms with Crippen molar-refractivity contribution in [3.63, 3.8) is 0 Å². The molecular weight excluding hydrogens is 472 g/mol. The number of rotatable bonds is 7. The molecule has 11 N–H and O–H groups in total. The Labute approximate surface area is 192 Å². The van der Waals surface area contributed by atoms with Gasteiger partial charge in [-0.2, -0.15) is 0 Å². The van der Waals surface area contributed by atoms with E-state index < -0.39 is 112 Å². The zero-order valence-corrected chi connectivity index (χ0v) is 17.7. The maximum absolute atomic E-state index is 10.6. The van der Waals surface area contributed by atoms with Crippen molar-refractivity contribution in [1.82, 2.24) is 0 Å². The van der Waals surface area contributed by atoms with Crippen molar-refractivity contribution in [2.24, 2.45) is 0 Å². The molecule has 16 heteroatoms. The van der Waals surface area contributed by atoms with Gasteiger partial charge in [-0.3, -0.25) is 0 Å². The second-order valence-corrected chi connectivity index (χ2v) is 8.33. The van der Waals surface area contributed by atoms with Crippen LogP contribution in [0, 0.1) is 0 Å². The van der Waals surface area contributed by atoms with Gasteiger partial charge >= 0.3 is 0 Å². The molecule has 0 unspecified atom stereocenters. The van der Waals surface area contributed by atoms with Gasteiger partial charge in [-0.25, -0.2) is 0 Å². The van der Waals surface area contributed by atoms with Crippen molar-refractivity contribution in [2.45, 2.75) is 92.1 Å². The smallest absolute Gasteiger partial charge is 0.187 e. The van der Waals surface area contributed by atoms with Crippen LogP contribution in [0.25, 0.3) is 0 Å². The van der Waals surface area contributed by atoms with Crippen molar-refractivity contribution in [3.05, 3.63) is 0 Å². The van der Waals surface area contributed by atoms with E-state index in [1.54, 1.807) is 0 Å². The van der Waals surface area contributed by atoms with Gasteiger partial charge in [0.2, 0.25) is 0 Å². The first-order valence-corrected chi connectivity index (χ1v) is 10.6. The highest BCUT2D eigenvalue weighted by molar-refractivity contribution is 4.96. The van der Waals surface area contributed by atoms with Gasteiger partial charge in [-0.05, 0) is 0 Å². The lowest BCUT2D eigenvalue weighted by Gasteiger charge is -2.47. The quantitative estimate of drug-likeness (QED) is 0.154. The van der Waals surface area contributed by atoms with Crippen LogP contribution < -0.4 is 0 Å². The highest BCUT2D eigenvalue weighted by Gasteiger charge is 2.53. The summed E-state index contributed by atoms with van der Waals surface area (Å²) in [5.41, 5.74) is 0. The molecule has 3 fully saturated rings. The fraction of sp³-hybridized carbons (Fsp3) is 1.00. The van der Waals surface area contributed by atoms with E-state index in [4.69, 9.17) is 23.7 Å². The molecule has 3 aliphatic heterocycles. The maximum Gasteiger partial charge on any atom is 0.187 e. The summed E-state index contributed by atoms with van der Waals surface area (Å²) in [6.07, 6.45) is -25.1. The molecule has 3 rings (SSSR count). The SMILES string of the molecule is OC[C@@H]1O[C@@H](O[C@H]2[C@@H](O)[C@@H](O)[C@@H](O[C@H]3[C@@H](O)[C@@H](O)[C@@H](O)O[C@H]3CO)O[C@H]2CO)[C@@H](O)[C@@H](O)[C@@H]1O. The van der Waals surface area contributed by atoms with E-state index in [1.807, 2.05) is 0 Å². The summed E-state index contributed by atoms with van der Waals surface area (Å²) in [6.45, 7) is -2.32. The predicted octanol–water partition coefficient (Wildman–Crippen LogP) is -7.57. The van der Waals surface area contributed by atoms with Crippen LogP contribution in [0.4, 0.5) is 0 Å². The zero-order valence-electron chi connectivity index (χ0n) is 17.7. The Kier molecular flexibility index (Phi) is 9.54. The molecule has 15 atom stereocenters. The first-order chi connectivity index (χ1) is 16.0. The van der Waals surface area contributed by atoms with Crippen LogP contribution in [0.5, 0.6) is 0 Å². The molecule has 0 radical (unpaired) electrons. The average molecular weight is 504 g/mol. The summed E-state index contributed by atoms with van der Waals surface area (Å²) in [4.78, 5) is 0. The third-order valence-electron chi connectivity index (χ3n) is 6.09. The molecular formula is C18H32O16. The monoisotopic (exact) mass is 504 g/mol. The Morgan fingerprint density at radius 2 is 0.853 bits per heavy atom. The summed E-state index contributed by atoms with van der Waals surface area (Å²) in [7, 11) is 0. The second-order valence-electron chi connectivity index (χ2n) is 8.33. The van der Waals surface area contributed by atoms with E-state index in [0.29, 0.717) is 0 Å². The van der Waals surface area contributed by atoms with Crippen LogP contribution in [0.2, 0.25) is 0 Å².